The summed E-state index contributed by atoms with van der Waals surface area (Å²) in [6.45, 7) is 4.80. The monoisotopic (exact) mass is 177 g/mol. The molecule has 6 heteroatoms. The standard InChI is InChI=1S/C5H11N3O2S/c1-4(2)3-6-5-7-10-11(9)8-5/h4H,3H2,1-2H3,(H2,6,7,8). The highest BCUT2D eigenvalue weighted by Gasteiger charge is 2.13. The number of rotatable bonds is 2. The summed E-state index contributed by atoms with van der Waals surface area (Å²) in [6, 6.07) is 0. The molecule has 1 rings (SSSR count). The van der Waals surface area contributed by atoms with Gasteiger partial charge in [-0.05, 0) is 5.92 Å². The lowest BCUT2D eigenvalue weighted by atomic mass is 10.2. The Balaban J connectivity index is 2.36. The predicted molar refractivity (Wildman–Crippen MR) is 42.6 cm³/mol. The molecule has 11 heavy (non-hydrogen) atoms. The Labute approximate surface area is 68.0 Å². The zero-order valence-corrected chi connectivity index (χ0v) is 7.27. The van der Waals surface area contributed by atoms with Crippen molar-refractivity contribution in [2.24, 2.45) is 10.9 Å². The van der Waals surface area contributed by atoms with Crippen LogP contribution in [0.1, 0.15) is 13.8 Å². The first-order chi connectivity index (χ1) is 5.18. The third kappa shape index (κ3) is 2.85. The van der Waals surface area contributed by atoms with Gasteiger partial charge in [0.05, 0.1) is 0 Å². The minimum atomic E-state index is -1.46. The van der Waals surface area contributed by atoms with Crippen molar-refractivity contribution < 1.29 is 8.49 Å². The van der Waals surface area contributed by atoms with Gasteiger partial charge in [0, 0.05) is 6.54 Å². The number of hydroxylamine groups is 1. The first kappa shape index (κ1) is 8.48. The lowest BCUT2D eigenvalue weighted by Gasteiger charge is -1.98. The van der Waals surface area contributed by atoms with Crippen LogP contribution in [0, 0.1) is 5.92 Å². The SMILES string of the molecule is CC(C)CN=C1NOS(=O)N1. The van der Waals surface area contributed by atoms with E-state index in [4.69, 9.17) is 0 Å². The largest absolute Gasteiger partial charge is 0.287 e. The highest BCUT2D eigenvalue weighted by atomic mass is 32.2. The van der Waals surface area contributed by atoms with Crippen LogP contribution in [0.4, 0.5) is 0 Å². The first-order valence-electron chi connectivity index (χ1n) is 3.34. The summed E-state index contributed by atoms with van der Waals surface area (Å²) in [5.41, 5.74) is 2.40. The molecular weight excluding hydrogens is 166 g/mol. The van der Waals surface area contributed by atoms with Crippen LogP contribution in [0.25, 0.3) is 0 Å². The van der Waals surface area contributed by atoms with Crippen molar-refractivity contribution in [2.75, 3.05) is 6.54 Å². The normalized spacial score (nSPS) is 27.2. The first-order valence-corrected chi connectivity index (χ1v) is 4.42. The molecule has 64 valence electrons. The Hall–Kier alpha value is -0.620. The Morgan fingerprint density at radius 1 is 1.73 bits per heavy atom. The Bertz CT molecular complexity index is 192. The van der Waals surface area contributed by atoms with Gasteiger partial charge in [-0.15, -0.1) is 0 Å². The molecule has 0 aromatic carbocycles. The number of hydrogen-bond donors (Lipinski definition) is 2. The fraction of sp³-hybridized carbons (Fsp3) is 0.800. The third-order valence-electron chi connectivity index (χ3n) is 1.01. The van der Waals surface area contributed by atoms with Crippen LogP contribution in [-0.2, 0) is 15.6 Å². The molecule has 1 aliphatic rings. The van der Waals surface area contributed by atoms with Gasteiger partial charge in [-0.2, -0.15) is 4.28 Å². The minimum Gasteiger partial charge on any atom is -0.250 e. The van der Waals surface area contributed by atoms with Crippen molar-refractivity contribution in [3.8, 4) is 0 Å². The fourth-order valence-electron chi connectivity index (χ4n) is 0.536. The Morgan fingerprint density at radius 3 is 2.91 bits per heavy atom. The highest BCUT2D eigenvalue weighted by molar-refractivity contribution is 7.79. The maximum Gasteiger partial charge on any atom is 0.287 e. The number of hydrogen-bond acceptors (Lipinski definition) is 3. The van der Waals surface area contributed by atoms with Crippen LogP contribution in [0.3, 0.4) is 0 Å². The minimum absolute atomic E-state index is 0.442. The zero-order valence-electron chi connectivity index (χ0n) is 6.46. The van der Waals surface area contributed by atoms with Gasteiger partial charge in [0.25, 0.3) is 11.3 Å². The molecule has 1 unspecified atom stereocenters. The van der Waals surface area contributed by atoms with Crippen molar-refractivity contribution in [2.45, 2.75) is 13.8 Å². The van der Waals surface area contributed by atoms with Crippen molar-refractivity contribution in [1.82, 2.24) is 10.2 Å². The number of nitrogens with one attached hydrogen (secondary N) is 2. The van der Waals surface area contributed by atoms with Crippen molar-refractivity contribution >= 4 is 17.2 Å². The molecule has 1 heterocycles. The van der Waals surface area contributed by atoms with E-state index in [1.807, 2.05) is 0 Å². The lowest BCUT2D eigenvalue weighted by Crippen LogP contribution is -2.24. The van der Waals surface area contributed by atoms with E-state index in [0.717, 1.165) is 0 Å². The van der Waals surface area contributed by atoms with Gasteiger partial charge >= 0.3 is 0 Å². The second-order valence-electron chi connectivity index (χ2n) is 2.61. The van der Waals surface area contributed by atoms with Gasteiger partial charge in [-0.25, -0.2) is 14.4 Å². The molecule has 2 N–H and O–H groups in total. The predicted octanol–water partition coefficient (Wildman–Crippen LogP) is -0.298. The van der Waals surface area contributed by atoms with Gasteiger partial charge < -0.3 is 0 Å². The van der Waals surface area contributed by atoms with Crippen LogP contribution < -0.4 is 10.2 Å². The summed E-state index contributed by atoms with van der Waals surface area (Å²) in [5.74, 6) is 0.928. The number of aliphatic imine (C=N–C) groups is 1. The van der Waals surface area contributed by atoms with Crippen LogP contribution in [0.5, 0.6) is 0 Å². The van der Waals surface area contributed by atoms with E-state index in [9.17, 15) is 4.21 Å². The van der Waals surface area contributed by atoms with Crippen LogP contribution in [0.2, 0.25) is 0 Å². The van der Waals surface area contributed by atoms with Crippen LogP contribution in [-0.4, -0.2) is 16.7 Å². The van der Waals surface area contributed by atoms with E-state index >= 15 is 0 Å². The lowest BCUT2D eigenvalue weighted by molar-refractivity contribution is 0.307. The number of nitrogens with zero attached hydrogens (tertiary/aromatic N) is 1. The second-order valence-corrected chi connectivity index (χ2v) is 3.45. The van der Waals surface area contributed by atoms with Crippen molar-refractivity contribution in [1.29, 1.82) is 0 Å². The molecule has 0 radical (unpaired) electrons. The van der Waals surface area contributed by atoms with Crippen LogP contribution in [0.15, 0.2) is 4.99 Å². The maximum absolute atomic E-state index is 10.5. The van der Waals surface area contributed by atoms with E-state index in [2.05, 4.69) is 33.3 Å². The molecule has 0 spiro atoms. The molecule has 0 amide bonds. The van der Waals surface area contributed by atoms with E-state index < -0.39 is 11.3 Å². The maximum atomic E-state index is 10.5. The molecule has 1 atom stereocenters. The summed E-state index contributed by atoms with van der Waals surface area (Å²) in [5, 5.41) is 0. The number of guanidine groups is 1. The average molecular weight is 177 g/mol. The summed E-state index contributed by atoms with van der Waals surface area (Å²) in [6.07, 6.45) is 0. The molecule has 1 saturated heterocycles. The van der Waals surface area contributed by atoms with E-state index in [0.29, 0.717) is 18.4 Å². The van der Waals surface area contributed by atoms with Gasteiger partial charge in [0.15, 0.2) is 0 Å². The second kappa shape index (κ2) is 3.68. The zero-order chi connectivity index (χ0) is 8.27. The Kier molecular flexibility index (Phi) is 2.84. The molecule has 5 nitrogen and oxygen atoms in total. The molecule has 0 saturated carbocycles. The summed E-state index contributed by atoms with van der Waals surface area (Å²) in [7, 11) is 0. The summed E-state index contributed by atoms with van der Waals surface area (Å²) < 4.78 is 17.5. The van der Waals surface area contributed by atoms with Crippen molar-refractivity contribution in [3.63, 3.8) is 0 Å². The molecule has 0 aliphatic carbocycles. The molecular formula is C5H11N3O2S. The fourth-order valence-corrected chi connectivity index (χ4v) is 0.997. The van der Waals surface area contributed by atoms with Crippen molar-refractivity contribution in [3.05, 3.63) is 0 Å². The molecule has 1 aliphatic heterocycles. The molecule has 0 bridgehead atoms. The van der Waals surface area contributed by atoms with Crippen LogP contribution >= 0.6 is 0 Å². The van der Waals surface area contributed by atoms with E-state index in [1.165, 1.54) is 0 Å². The van der Waals surface area contributed by atoms with E-state index in [1.54, 1.807) is 0 Å². The topological polar surface area (TPSA) is 62.7 Å². The average Bonchev–Trinajstić information content (AvgIpc) is 2.31. The quantitative estimate of drug-likeness (QED) is 0.609. The summed E-state index contributed by atoms with van der Waals surface area (Å²) >= 11 is -1.46. The highest BCUT2D eigenvalue weighted by Crippen LogP contribution is 1.93. The Morgan fingerprint density at radius 2 is 2.45 bits per heavy atom. The van der Waals surface area contributed by atoms with Gasteiger partial charge in [0.2, 0.25) is 5.96 Å². The molecule has 0 aromatic rings. The van der Waals surface area contributed by atoms with Gasteiger partial charge in [0.1, 0.15) is 0 Å². The van der Waals surface area contributed by atoms with E-state index in [-0.39, 0.29) is 0 Å². The van der Waals surface area contributed by atoms with Gasteiger partial charge in [-0.3, -0.25) is 4.99 Å². The van der Waals surface area contributed by atoms with Gasteiger partial charge in [-0.1, -0.05) is 13.8 Å². The smallest absolute Gasteiger partial charge is 0.250 e. The molecule has 0 aromatic heterocycles. The summed E-state index contributed by atoms with van der Waals surface area (Å²) in [4.78, 5) is 4.05. The molecule has 1 fully saturated rings. The third-order valence-corrected chi connectivity index (χ3v) is 1.60.